The average molecular weight is 310 g/mol. The van der Waals surface area contributed by atoms with Gasteiger partial charge >= 0.3 is 5.97 Å². The second kappa shape index (κ2) is 7.21. The lowest BCUT2D eigenvalue weighted by atomic mass is 9.99. The number of ether oxygens (including phenoxy) is 1. The van der Waals surface area contributed by atoms with E-state index in [4.69, 9.17) is 9.26 Å². The van der Waals surface area contributed by atoms with Crippen LogP contribution in [0.25, 0.3) is 0 Å². The molecule has 1 heterocycles. The molecule has 112 valence electrons. The van der Waals surface area contributed by atoms with Gasteiger partial charge in [-0.1, -0.05) is 17.3 Å². The molecule has 0 fully saturated rings. The number of benzene rings is 1. The molecule has 1 aromatic carbocycles. The first-order chi connectivity index (χ1) is 10.2. The van der Waals surface area contributed by atoms with Crippen LogP contribution in [-0.4, -0.2) is 29.0 Å². The van der Waals surface area contributed by atoms with Crippen molar-refractivity contribution in [2.45, 2.75) is 18.6 Å². The third-order valence-corrected chi connectivity index (χ3v) is 3.28. The summed E-state index contributed by atoms with van der Waals surface area (Å²) < 4.78 is 23.2. The second-order valence-electron chi connectivity index (χ2n) is 4.22. The number of esters is 1. The molecular formula is C14H15FN2O3S. The number of aromatic nitrogens is 2. The van der Waals surface area contributed by atoms with Gasteiger partial charge in [-0.05, 0) is 30.9 Å². The fourth-order valence-corrected chi connectivity index (χ4v) is 2.21. The van der Waals surface area contributed by atoms with Gasteiger partial charge < -0.3 is 9.26 Å². The Morgan fingerprint density at radius 3 is 2.76 bits per heavy atom. The van der Waals surface area contributed by atoms with Crippen LogP contribution in [0.4, 0.5) is 4.39 Å². The van der Waals surface area contributed by atoms with Crippen LogP contribution in [0.5, 0.6) is 0 Å². The van der Waals surface area contributed by atoms with Crippen LogP contribution < -0.4 is 0 Å². The molecule has 1 atom stereocenters. The highest BCUT2D eigenvalue weighted by Gasteiger charge is 2.30. The van der Waals surface area contributed by atoms with E-state index in [0.717, 1.165) is 0 Å². The number of hydrogen-bond acceptors (Lipinski definition) is 6. The first kappa shape index (κ1) is 15.5. The smallest absolute Gasteiger partial charge is 0.323 e. The summed E-state index contributed by atoms with van der Waals surface area (Å²) in [5, 5.41) is 3.82. The zero-order valence-corrected chi connectivity index (χ0v) is 12.5. The van der Waals surface area contributed by atoms with Crippen LogP contribution in [0.15, 0.2) is 28.8 Å². The molecule has 0 saturated carbocycles. The highest BCUT2D eigenvalue weighted by molar-refractivity contribution is 7.97. The average Bonchev–Trinajstić information content (AvgIpc) is 2.90. The highest BCUT2D eigenvalue weighted by Crippen LogP contribution is 2.25. The van der Waals surface area contributed by atoms with E-state index in [1.54, 1.807) is 18.7 Å². The Morgan fingerprint density at radius 1 is 1.43 bits per heavy atom. The Bertz CT molecular complexity index is 601. The van der Waals surface area contributed by atoms with Gasteiger partial charge in [0.05, 0.1) is 12.4 Å². The van der Waals surface area contributed by atoms with E-state index in [1.165, 1.54) is 24.3 Å². The fraction of sp³-hybridized carbons (Fsp3) is 0.357. The van der Waals surface area contributed by atoms with Crippen molar-refractivity contribution in [2.75, 3.05) is 12.9 Å². The van der Waals surface area contributed by atoms with Gasteiger partial charge in [0.2, 0.25) is 5.89 Å². The van der Waals surface area contributed by atoms with E-state index in [-0.39, 0.29) is 18.3 Å². The maximum Gasteiger partial charge on any atom is 0.323 e. The number of nitrogens with zero attached hydrogens (tertiary/aromatic N) is 2. The summed E-state index contributed by atoms with van der Waals surface area (Å²) in [5.41, 5.74) is 0.550. The number of hydrogen-bond donors (Lipinski definition) is 0. The minimum atomic E-state index is -0.839. The molecule has 0 aliphatic carbocycles. The van der Waals surface area contributed by atoms with Crippen LogP contribution in [-0.2, 0) is 15.3 Å². The third kappa shape index (κ3) is 3.81. The number of halogens is 1. The molecule has 21 heavy (non-hydrogen) atoms. The van der Waals surface area contributed by atoms with Crippen LogP contribution in [0.1, 0.15) is 30.1 Å². The van der Waals surface area contributed by atoms with Gasteiger partial charge in [0.1, 0.15) is 5.82 Å². The molecule has 0 bridgehead atoms. The first-order valence-corrected chi connectivity index (χ1v) is 7.78. The highest BCUT2D eigenvalue weighted by atomic mass is 32.2. The Labute approximate surface area is 125 Å². The van der Waals surface area contributed by atoms with Crippen LogP contribution in [0.3, 0.4) is 0 Å². The van der Waals surface area contributed by atoms with Crippen molar-refractivity contribution < 1.29 is 18.4 Å². The lowest BCUT2D eigenvalue weighted by Crippen LogP contribution is -2.17. The van der Waals surface area contributed by atoms with E-state index in [0.29, 0.717) is 17.1 Å². The minimum absolute atomic E-state index is 0.157. The molecule has 1 aromatic heterocycles. The van der Waals surface area contributed by atoms with Gasteiger partial charge in [0.25, 0.3) is 0 Å². The standard InChI is InChI=1S/C14H15FN2O3S/c1-3-19-14(18)12(9-4-6-10(15)7-5-9)13-16-11(8-21-2)17-20-13/h4-7,12H,3,8H2,1-2H3. The maximum atomic E-state index is 13.0. The summed E-state index contributed by atoms with van der Waals surface area (Å²) in [5.74, 6) is -0.465. The molecule has 0 aliphatic heterocycles. The predicted octanol–water partition coefficient (Wildman–Crippen LogP) is 2.77. The van der Waals surface area contributed by atoms with E-state index in [1.807, 2.05) is 6.26 Å². The van der Waals surface area contributed by atoms with E-state index < -0.39 is 11.9 Å². The quantitative estimate of drug-likeness (QED) is 0.764. The summed E-state index contributed by atoms with van der Waals surface area (Å²) >= 11 is 1.55. The van der Waals surface area contributed by atoms with Crippen molar-refractivity contribution >= 4 is 17.7 Å². The zero-order chi connectivity index (χ0) is 15.2. The van der Waals surface area contributed by atoms with E-state index in [9.17, 15) is 9.18 Å². The van der Waals surface area contributed by atoms with Crippen LogP contribution >= 0.6 is 11.8 Å². The Balaban J connectivity index is 2.34. The lowest BCUT2D eigenvalue weighted by molar-refractivity contribution is -0.144. The maximum absolute atomic E-state index is 13.0. The zero-order valence-electron chi connectivity index (χ0n) is 11.7. The van der Waals surface area contributed by atoms with Gasteiger partial charge in [-0.2, -0.15) is 16.7 Å². The van der Waals surface area contributed by atoms with Crippen molar-refractivity contribution in [3.05, 3.63) is 47.4 Å². The van der Waals surface area contributed by atoms with Gasteiger partial charge in [-0.3, -0.25) is 4.79 Å². The van der Waals surface area contributed by atoms with Crippen molar-refractivity contribution in [2.24, 2.45) is 0 Å². The lowest BCUT2D eigenvalue weighted by Gasteiger charge is -2.11. The van der Waals surface area contributed by atoms with E-state index >= 15 is 0 Å². The summed E-state index contributed by atoms with van der Waals surface area (Å²) in [6, 6.07) is 5.58. The predicted molar refractivity (Wildman–Crippen MR) is 76.4 cm³/mol. The Hall–Kier alpha value is -1.89. The topological polar surface area (TPSA) is 65.2 Å². The number of carbonyl (C=O) groups is 1. The fourth-order valence-electron chi connectivity index (χ4n) is 1.83. The summed E-state index contributed by atoms with van der Waals surface area (Å²) in [6.07, 6.45) is 1.92. The Kier molecular flexibility index (Phi) is 5.32. The van der Waals surface area contributed by atoms with Gasteiger partial charge in [-0.15, -0.1) is 0 Å². The number of rotatable bonds is 6. The molecule has 2 rings (SSSR count). The molecule has 7 heteroatoms. The van der Waals surface area contributed by atoms with Crippen molar-refractivity contribution in [3.8, 4) is 0 Å². The number of carbonyl (C=O) groups excluding carboxylic acids is 1. The van der Waals surface area contributed by atoms with E-state index in [2.05, 4.69) is 10.1 Å². The molecule has 0 saturated heterocycles. The second-order valence-corrected chi connectivity index (χ2v) is 5.08. The molecule has 2 aromatic rings. The van der Waals surface area contributed by atoms with Crippen molar-refractivity contribution in [1.29, 1.82) is 0 Å². The molecule has 0 aliphatic rings. The van der Waals surface area contributed by atoms with Gasteiger partial charge in [0.15, 0.2) is 11.7 Å². The number of thioether (sulfide) groups is 1. The molecule has 0 radical (unpaired) electrons. The minimum Gasteiger partial charge on any atom is -0.465 e. The summed E-state index contributed by atoms with van der Waals surface area (Å²) in [4.78, 5) is 16.4. The molecule has 1 unspecified atom stereocenters. The normalized spacial score (nSPS) is 12.1. The van der Waals surface area contributed by atoms with Crippen LogP contribution in [0, 0.1) is 5.82 Å². The molecule has 0 N–H and O–H groups in total. The molecule has 0 amide bonds. The van der Waals surface area contributed by atoms with Crippen molar-refractivity contribution in [1.82, 2.24) is 10.1 Å². The third-order valence-electron chi connectivity index (χ3n) is 2.73. The van der Waals surface area contributed by atoms with Crippen molar-refractivity contribution in [3.63, 3.8) is 0 Å². The van der Waals surface area contributed by atoms with Crippen LogP contribution in [0.2, 0.25) is 0 Å². The van der Waals surface area contributed by atoms with Gasteiger partial charge in [0, 0.05) is 0 Å². The van der Waals surface area contributed by atoms with Gasteiger partial charge in [-0.25, -0.2) is 4.39 Å². The molecular weight excluding hydrogens is 295 g/mol. The molecule has 5 nitrogen and oxygen atoms in total. The first-order valence-electron chi connectivity index (χ1n) is 6.39. The SMILES string of the molecule is CCOC(=O)C(c1ccc(F)cc1)c1nc(CSC)no1. The largest absolute Gasteiger partial charge is 0.465 e. The monoisotopic (exact) mass is 310 g/mol. The summed E-state index contributed by atoms with van der Waals surface area (Å²) in [6.45, 7) is 1.95. The summed E-state index contributed by atoms with van der Waals surface area (Å²) in [7, 11) is 0. The Morgan fingerprint density at radius 2 is 2.14 bits per heavy atom. The molecule has 0 spiro atoms.